The minimum Gasteiger partial charge on any atom is -0.472 e. The van der Waals surface area contributed by atoms with Crippen molar-refractivity contribution in [2.45, 2.75) is 162 Å². The zero-order chi connectivity index (χ0) is 62.9. The molecular formula is C66H84O21. The van der Waals surface area contributed by atoms with Crippen molar-refractivity contribution in [2.24, 2.45) is 85.8 Å². The molecule has 9 fully saturated rings. The molecule has 0 aromatic carbocycles. The number of cyclic esters (lactones) is 3. The van der Waals surface area contributed by atoms with E-state index in [1.54, 1.807) is 49.5 Å². The van der Waals surface area contributed by atoms with E-state index < -0.39 is 117 Å². The maximum absolute atomic E-state index is 13.7. The number of esters is 6. The first-order valence-corrected chi connectivity index (χ1v) is 30.6. The lowest BCUT2D eigenvalue weighted by Crippen LogP contribution is -2.64. The van der Waals surface area contributed by atoms with Crippen LogP contribution in [0.25, 0.3) is 0 Å². The Morgan fingerprint density at radius 2 is 0.805 bits per heavy atom. The van der Waals surface area contributed by atoms with E-state index in [-0.39, 0.29) is 65.5 Å². The van der Waals surface area contributed by atoms with Crippen LogP contribution < -0.4 is 0 Å². The van der Waals surface area contributed by atoms with E-state index in [9.17, 15) is 48.3 Å². The number of furan rings is 3. The normalized spacial score (nSPS) is 41.9. The van der Waals surface area contributed by atoms with E-state index >= 15 is 0 Å². The molecule has 6 aliphatic carbocycles. The topological polar surface area (TPSA) is 287 Å². The van der Waals surface area contributed by atoms with Gasteiger partial charge in [-0.25, -0.2) is 0 Å². The molecule has 6 heterocycles. The van der Waals surface area contributed by atoms with Gasteiger partial charge in [0.2, 0.25) is 0 Å². The summed E-state index contributed by atoms with van der Waals surface area (Å²) in [5.41, 5.74) is -1.58. The predicted octanol–water partition coefficient (Wildman–Crippen LogP) is 8.99. The Morgan fingerprint density at radius 3 is 1.11 bits per heavy atom. The highest BCUT2D eigenvalue weighted by Gasteiger charge is 2.71. The number of aliphatic hydroxyl groups excluding tert-OH is 1. The van der Waals surface area contributed by atoms with Gasteiger partial charge in [0.25, 0.3) is 0 Å². The molecule has 0 bridgehead atoms. The van der Waals surface area contributed by atoms with Gasteiger partial charge in [-0.1, -0.05) is 41.5 Å². The first-order valence-electron chi connectivity index (χ1n) is 30.6. The largest absolute Gasteiger partial charge is 0.472 e. The van der Waals surface area contributed by atoms with Gasteiger partial charge in [0, 0.05) is 48.2 Å². The number of ether oxygens (including phenoxy) is 8. The van der Waals surface area contributed by atoms with Crippen LogP contribution in [0.15, 0.2) is 69.0 Å². The number of aliphatic hydroxyl groups is 1. The molecule has 6 saturated carbocycles. The third kappa shape index (κ3) is 10.4. The summed E-state index contributed by atoms with van der Waals surface area (Å²) in [5, 5.41) is 10.5. The minimum atomic E-state index is -1.23. The highest BCUT2D eigenvalue weighted by atomic mass is 16.6. The molecule has 3 aliphatic heterocycles. The van der Waals surface area contributed by atoms with Gasteiger partial charge >= 0.3 is 35.8 Å². The minimum absolute atomic E-state index is 0.00709. The van der Waals surface area contributed by atoms with Gasteiger partial charge in [-0.2, -0.15) is 0 Å². The molecule has 0 spiro atoms. The summed E-state index contributed by atoms with van der Waals surface area (Å²) in [4.78, 5) is 117. The molecule has 3 aromatic rings. The summed E-state index contributed by atoms with van der Waals surface area (Å²) < 4.78 is 59.1. The van der Waals surface area contributed by atoms with Crippen LogP contribution in [0.4, 0.5) is 0 Å². The highest BCUT2D eigenvalue weighted by molar-refractivity contribution is 5.94. The molecule has 87 heavy (non-hydrogen) atoms. The summed E-state index contributed by atoms with van der Waals surface area (Å²) in [5.74, 6) is -6.60. The summed E-state index contributed by atoms with van der Waals surface area (Å²) >= 11 is 0. The second-order valence-corrected chi connectivity index (χ2v) is 27.5. The first-order chi connectivity index (χ1) is 41.2. The first kappa shape index (κ1) is 63.6. The Labute approximate surface area is 506 Å². The van der Waals surface area contributed by atoms with Crippen LogP contribution in [-0.2, 0) is 81.0 Å². The van der Waals surface area contributed by atoms with Crippen molar-refractivity contribution >= 4 is 53.2 Å². The molecule has 474 valence electrons. The van der Waals surface area contributed by atoms with Crippen LogP contribution in [0.1, 0.15) is 161 Å². The summed E-state index contributed by atoms with van der Waals surface area (Å²) in [6, 6.07) is 5.31. The summed E-state index contributed by atoms with van der Waals surface area (Å²) in [6.07, 6.45) is 10.8. The number of Topliss-reactive ketones (excluding diaryl/α,β-unsaturated/α-hetero) is 3. The van der Waals surface area contributed by atoms with Crippen LogP contribution in [0.2, 0.25) is 0 Å². The second-order valence-electron chi connectivity index (χ2n) is 27.5. The maximum atomic E-state index is 13.7. The van der Waals surface area contributed by atoms with E-state index in [1.165, 1.54) is 34.7 Å². The number of hydrogen-bond acceptors (Lipinski definition) is 21. The second kappa shape index (κ2) is 23.8. The average molecular weight is 1210 g/mol. The molecule has 3 saturated heterocycles. The fraction of sp³-hybridized carbons (Fsp3) is 0.682. The third-order valence-electron chi connectivity index (χ3n) is 23.2. The van der Waals surface area contributed by atoms with Gasteiger partial charge in [0.15, 0.2) is 17.3 Å². The van der Waals surface area contributed by atoms with Gasteiger partial charge in [-0.05, 0) is 135 Å². The van der Waals surface area contributed by atoms with Crippen molar-refractivity contribution in [3.63, 3.8) is 0 Å². The maximum Gasteiger partial charge on any atom is 0.310 e. The Morgan fingerprint density at radius 1 is 0.483 bits per heavy atom. The molecule has 12 rings (SSSR count). The van der Waals surface area contributed by atoms with Gasteiger partial charge in [0.1, 0.15) is 36.6 Å². The van der Waals surface area contributed by atoms with Crippen molar-refractivity contribution < 1.29 is 99.4 Å². The Balaban J connectivity index is 0.000000145. The smallest absolute Gasteiger partial charge is 0.310 e. The summed E-state index contributed by atoms with van der Waals surface area (Å²) in [6.45, 7) is 14.1. The van der Waals surface area contributed by atoms with E-state index in [4.69, 9.17) is 51.1 Å². The van der Waals surface area contributed by atoms with Gasteiger partial charge in [-0.15, -0.1) is 0 Å². The third-order valence-corrected chi connectivity index (χ3v) is 23.2. The molecule has 0 amide bonds. The Bertz CT molecular complexity index is 3090. The number of fused-ring (bicyclic) bond motifs is 9. The molecule has 3 unspecified atom stereocenters. The van der Waals surface area contributed by atoms with Crippen molar-refractivity contribution in [3.05, 3.63) is 72.5 Å². The quantitative estimate of drug-likeness (QED) is 0.154. The van der Waals surface area contributed by atoms with Crippen LogP contribution in [0, 0.1) is 85.8 Å². The zero-order valence-electron chi connectivity index (χ0n) is 51.7. The predicted molar refractivity (Wildman–Crippen MR) is 301 cm³/mol. The molecule has 0 radical (unpaired) electrons. The molecule has 9 aliphatic rings. The van der Waals surface area contributed by atoms with Gasteiger partial charge in [-0.3, -0.25) is 43.2 Å². The molecule has 21 atom stereocenters. The average Bonchev–Trinajstić information content (AvgIpc) is 1.18. The number of carbonyl (C=O) groups excluding carboxylic acids is 9. The van der Waals surface area contributed by atoms with E-state index in [0.717, 1.165) is 16.7 Å². The molecular weight excluding hydrogens is 1130 g/mol. The highest BCUT2D eigenvalue weighted by Crippen LogP contribution is 2.68. The number of ketones is 3. The molecule has 1 N–H and O–H groups in total. The lowest BCUT2D eigenvalue weighted by Gasteiger charge is -2.61. The van der Waals surface area contributed by atoms with Crippen molar-refractivity contribution in [1.29, 1.82) is 0 Å². The Kier molecular flexibility index (Phi) is 17.4. The fourth-order valence-electron chi connectivity index (χ4n) is 19.1. The van der Waals surface area contributed by atoms with Crippen LogP contribution in [-0.4, -0.2) is 112 Å². The van der Waals surface area contributed by atoms with Crippen LogP contribution in [0.5, 0.6) is 0 Å². The SMILES string of the molecule is CCO[C@@H]1C[C@@H](C(=O)OC)[C@]2(C)CC[C@H]3C(=O)O[C@H](c4ccoc4)C[C@]3(C)C2C1=O.COC(=O)[C@@H]1C[C@@H](O)C(=O)C2[C@@]1(C)CC[C@H]1C(=O)O[C@H](c3ccoc3)C[C@]21C.COC(=O)[C@@H]1C[C@@H](OC)C(=O)C2[C@@]1(C)CC[C@H]1C(=O)O[C@H](c3ccoc3)C[C@]21C. The van der Waals surface area contributed by atoms with Crippen LogP contribution in [0.3, 0.4) is 0 Å². The number of methoxy groups -OCH3 is 4. The van der Waals surface area contributed by atoms with Gasteiger partial charge < -0.3 is 56.3 Å². The van der Waals surface area contributed by atoms with Crippen LogP contribution >= 0.6 is 0 Å². The lowest BCUT2D eigenvalue weighted by atomic mass is 9.43. The lowest BCUT2D eigenvalue weighted by molar-refractivity contribution is -0.211. The van der Waals surface area contributed by atoms with Gasteiger partial charge in [0.05, 0.1) is 94.4 Å². The fourth-order valence-corrected chi connectivity index (χ4v) is 19.1. The zero-order valence-corrected chi connectivity index (χ0v) is 51.7. The van der Waals surface area contributed by atoms with E-state index in [1.807, 2.05) is 48.5 Å². The van der Waals surface area contributed by atoms with E-state index in [2.05, 4.69) is 0 Å². The van der Waals surface area contributed by atoms with Crippen molar-refractivity contribution in [2.75, 3.05) is 35.0 Å². The molecule has 21 nitrogen and oxygen atoms in total. The van der Waals surface area contributed by atoms with Crippen molar-refractivity contribution in [1.82, 2.24) is 0 Å². The number of hydrogen-bond donors (Lipinski definition) is 1. The number of carbonyl (C=O) groups is 9. The summed E-state index contributed by atoms with van der Waals surface area (Å²) in [7, 11) is 5.57. The standard InChI is InChI=1S/C23H30O7.C22H28O7.C21H26O7/c1-5-29-16-10-15(20(25)27-4)22(2)8-6-14-21(26)30-17(13-7-9-28-12-13)11-23(14,3)19(22)18(16)24;1-21-7-5-13-20(25)29-16(12-6-8-28-11-12)10-22(13,2)18(21)17(23)15(26-3)9-14(21)19(24)27-4;1-20-6-4-12-19(25)28-15(11-5-7-27-10-11)9-21(12,2)17(20)16(23)14(22)8-13(20)18(24)26-3/h7,9,12,14-17,19H,5-6,8,10-11H2,1-4H3;6,8,11,13-16,18H,5,7,9-10H2,1-4H3;5,7,10,12-15,17,22H,4,6,8-9H2,1-3H3/t14-,15-,16+,17-,19?,22-,23-;13-,14-,15+,16-,18?,21-,22-;12-,13-,14+,15-,17?,20-,21-/m000/s1. The monoisotopic (exact) mass is 1210 g/mol. The van der Waals surface area contributed by atoms with Crippen molar-refractivity contribution in [3.8, 4) is 0 Å². The number of rotatable bonds is 9. The van der Waals surface area contributed by atoms with E-state index in [0.29, 0.717) is 77.2 Å². The Hall–Kier alpha value is -6.45. The molecule has 21 heteroatoms. The molecule has 3 aromatic heterocycles.